The summed E-state index contributed by atoms with van der Waals surface area (Å²) in [6.45, 7) is 9.86. The molecular formula is C25H40N4O6S. The van der Waals surface area contributed by atoms with Crippen LogP contribution in [0.4, 0.5) is 0 Å². The highest BCUT2D eigenvalue weighted by Crippen LogP contribution is 2.30. The van der Waals surface area contributed by atoms with Gasteiger partial charge in [0.25, 0.3) is 0 Å². The number of likely N-dealkylation sites (tertiary alicyclic amines) is 1. The Hall–Kier alpha value is -2.53. The van der Waals surface area contributed by atoms with Gasteiger partial charge in [-0.2, -0.15) is 0 Å². The Labute approximate surface area is 217 Å². The molecule has 11 heteroatoms. The third-order valence-electron chi connectivity index (χ3n) is 6.70. The second-order valence-electron chi connectivity index (χ2n) is 10.2. The Morgan fingerprint density at radius 3 is 2.39 bits per heavy atom. The molecule has 0 radical (unpaired) electrons. The number of carboxylic acids is 1. The molecule has 0 aromatic carbocycles. The van der Waals surface area contributed by atoms with Crippen LogP contribution >= 0.6 is 11.3 Å². The fourth-order valence-electron chi connectivity index (χ4n) is 4.58. The first kappa shape index (κ1) is 29.7. The highest BCUT2D eigenvalue weighted by molar-refractivity contribution is 7.09. The van der Waals surface area contributed by atoms with Gasteiger partial charge in [-0.3, -0.25) is 19.3 Å². The van der Waals surface area contributed by atoms with E-state index in [4.69, 9.17) is 4.74 Å². The molecule has 4 atom stereocenters. The van der Waals surface area contributed by atoms with Gasteiger partial charge < -0.3 is 20.1 Å². The van der Waals surface area contributed by atoms with Gasteiger partial charge in [-0.25, -0.2) is 9.78 Å². The van der Waals surface area contributed by atoms with Crippen LogP contribution in [0.2, 0.25) is 0 Å². The first-order valence-corrected chi connectivity index (χ1v) is 13.3. The van der Waals surface area contributed by atoms with E-state index in [9.17, 15) is 24.3 Å². The Bertz CT molecular complexity index is 933. The molecule has 10 nitrogen and oxygen atoms in total. The largest absolute Gasteiger partial charge is 0.476 e. The number of piperidine rings is 1. The summed E-state index contributed by atoms with van der Waals surface area (Å²) in [5.41, 5.74) is -0.118. The van der Waals surface area contributed by atoms with Gasteiger partial charge in [-0.05, 0) is 38.3 Å². The van der Waals surface area contributed by atoms with Gasteiger partial charge in [0.15, 0.2) is 11.8 Å². The fraction of sp³-hybridized carbons (Fsp3) is 0.720. The zero-order valence-corrected chi connectivity index (χ0v) is 23.1. The summed E-state index contributed by atoms with van der Waals surface area (Å²) in [5.74, 6) is -2.18. The lowest BCUT2D eigenvalue weighted by Gasteiger charge is -2.37. The third-order valence-corrected chi connectivity index (χ3v) is 7.64. The number of nitrogens with zero attached hydrogens (tertiary/aromatic N) is 3. The predicted molar refractivity (Wildman–Crippen MR) is 137 cm³/mol. The fourth-order valence-corrected chi connectivity index (χ4v) is 5.42. The van der Waals surface area contributed by atoms with Crippen molar-refractivity contribution in [2.24, 2.45) is 11.8 Å². The van der Waals surface area contributed by atoms with E-state index in [-0.39, 0.29) is 47.8 Å². The summed E-state index contributed by atoms with van der Waals surface area (Å²) in [6.07, 6.45) is 2.25. The molecule has 1 aliphatic rings. The minimum atomic E-state index is -1.16. The molecular weight excluding hydrogens is 484 g/mol. The van der Waals surface area contributed by atoms with Crippen molar-refractivity contribution in [2.75, 3.05) is 20.6 Å². The Morgan fingerprint density at radius 1 is 1.22 bits per heavy atom. The van der Waals surface area contributed by atoms with Gasteiger partial charge in [0.05, 0.1) is 6.04 Å². The van der Waals surface area contributed by atoms with Crippen molar-refractivity contribution in [1.82, 2.24) is 20.1 Å². The number of aromatic nitrogens is 1. The lowest BCUT2D eigenvalue weighted by Crippen LogP contribution is -2.57. The predicted octanol–water partition coefficient (Wildman–Crippen LogP) is 2.94. The number of nitrogens with one attached hydrogen (secondary N) is 1. The molecule has 2 rings (SSSR count). The van der Waals surface area contributed by atoms with Crippen LogP contribution in [0.1, 0.15) is 81.9 Å². The highest BCUT2D eigenvalue weighted by atomic mass is 32.1. The zero-order valence-electron chi connectivity index (χ0n) is 22.3. The number of ether oxygens (including phenoxy) is 1. The molecule has 2 amide bonds. The van der Waals surface area contributed by atoms with Gasteiger partial charge in [0, 0.05) is 31.8 Å². The van der Waals surface area contributed by atoms with Crippen LogP contribution in [0.5, 0.6) is 0 Å². The highest BCUT2D eigenvalue weighted by Gasteiger charge is 2.36. The number of carbonyl (C=O) groups excluding carboxylic acids is 3. The molecule has 0 spiro atoms. The van der Waals surface area contributed by atoms with Crippen LogP contribution in [-0.2, 0) is 19.1 Å². The molecule has 0 saturated carbocycles. The van der Waals surface area contributed by atoms with Crippen LogP contribution in [0.15, 0.2) is 5.38 Å². The van der Waals surface area contributed by atoms with Gasteiger partial charge in [0.1, 0.15) is 11.0 Å². The Balaban J connectivity index is 2.23. The van der Waals surface area contributed by atoms with E-state index in [1.54, 1.807) is 11.9 Å². The van der Waals surface area contributed by atoms with Crippen molar-refractivity contribution in [3.63, 3.8) is 0 Å². The normalized spacial score (nSPS) is 19.0. The first-order valence-electron chi connectivity index (χ1n) is 12.5. The number of rotatable bonds is 11. The number of amides is 2. The Kier molecular flexibility index (Phi) is 10.8. The number of carbonyl (C=O) groups is 4. The van der Waals surface area contributed by atoms with Crippen LogP contribution < -0.4 is 5.32 Å². The van der Waals surface area contributed by atoms with E-state index >= 15 is 0 Å². The monoisotopic (exact) mass is 524 g/mol. The van der Waals surface area contributed by atoms with E-state index in [2.05, 4.69) is 10.3 Å². The molecule has 1 aromatic heterocycles. The van der Waals surface area contributed by atoms with Crippen molar-refractivity contribution in [3.8, 4) is 0 Å². The lowest BCUT2D eigenvalue weighted by atomic mass is 9.94. The van der Waals surface area contributed by atoms with E-state index in [0.29, 0.717) is 5.01 Å². The summed E-state index contributed by atoms with van der Waals surface area (Å²) >= 11 is 1.10. The number of hydrogen-bond donors (Lipinski definition) is 2. The lowest BCUT2D eigenvalue weighted by molar-refractivity contribution is -0.149. The van der Waals surface area contributed by atoms with Crippen LogP contribution in [0.25, 0.3) is 0 Å². The molecule has 36 heavy (non-hydrogen) atoms. The summed E-state index contributed by atoms with van der Waals surface area (Å²) in [6, 6.07) is -1.31. The SMILES string of the molecule is CC(=O)O[C@H](C[C@H](C(C)C)N(C)C(=O)C(NC(=O)C1CCCCN1C)C(C)C)c1nc(C(=O)O)cs1. The van der Waals surface area contributed by atoms with Gasteiger partial charge in [-0.15, -0.1) is 11.3 Å². The Morgan fingerprint density at radius 2 is 1.89 bits per heavy atom. The standard InChI is InChI=1S/C25H40N4O6S/c1-14(2)19(12-20(35-16(5)30)23-26-17(13-36-23)25(33)34)29(7)24(32)21(15(3)4)27-22(31)18-10-8-9-11-28(18)6/h13-15,18-21H,8-12H2,1-7H3,(H,27,31)(H,33,34)/t18?,19-,20-,21?/m1/s1. The molecule has 2 N–H and O–H groups in total. The molecule has 0 aliphatic carbocycles. The molecule has 1 saturated heterocycles. The van der Waals surface area contributed by atoms with Crippen molar-refractivity contribution in [3.05, 3.63) is 16.1 Å². The number of hydrogen-bond acceptors (Lipinski definition) is 8. The van der Waals surface area contributed by atoms with Crippen molar-refractivity contribution in [2.45, 2.75) is 84.5 Å². The second-order valence-corrected chi connectivity index (χ2v) is 11.1. The average Bonchev–Trinajstić information content (AvgIpc) is 3.29. The number of esters is 1. The second kappa shape index (κ2) is 13.1. The zero-order chi connectivity index (χ0) is 27.2. The summed E-state index contributed by atoms with van der Waals surface area (Å²) in [7, 11) is 3.62. The quantitative estimate of drug-likeness (QED) is 0.423. The number of aromatic carboxylic acids is 1. The summed E-state index contributed by atoms with van der Waals surface area (Å²) in [4.78, 5) is 57.6. The maximum absolute atomic E-state index is 13.7. The van der Waals surface area contributed by atoms with E-state index in [1.807, 2.05) is 39.6 Å². The van der Waals surface area contributed by atoms with Crippen LogP contribution in [-0.4, -0.2) is 82.4 Å². The van der Waals surface area contributed by atoms with Crippen molar-refractivity contribution < 1.29 is 29.0 Å². The number of likely N-dealkylation sites (N-methyl/N-ethyl adjacent to an activating group) is 2. The van der Waals surface area contributed by atoms with Crippen molar-refractivity contribution in [1.29, 1.82) is 0 Å². The number of carboxylic acid groups (broad SMARTS) is 1. The van der Waals surface area contributed by atoms with E-state index in [0.717, 1.165) is 37.1 Å². The van der Waals surface area contributed by atoms with Gasteiger partial charge >= 0.3 is 11.9 Å². The van der Waals surface area contributed by atoms with E-state index in [1.165, 1.54) is 12.3 Å². The molecule has 2 unspecified atom stereocenters. The van der Waals surface area contributed by atoms with Gasteiger partial charge in [0.2, 0.25) is 11.8 Å². The molecule has 1 aromatic rings. The summed E-state index contributed by atoms with van der Waals surface area (Å²) < 4.78 is 5.51. The number of thiazole rings is 1. The van der Waals surface area contributed by atoms with Crippen LogP contribution in [0.3, 0.4) is 0 Å². The molecule has 202 valence electrons. The molecule has 2 heterocycles. The molecule has 1 aliphatic heterocycles. The minimum absolute atomic E-state index is 0.0103. The molecule has 0 bridgehead atoms. The van der Waals surface area contributed by atoms with Gasteiger partial charge in [-0.1, -0.05) is 34.1 Å². The first-order chi connectivity index (χ1) is 16.8. The average molecular weight is 525 g/mol. The topological polar surface area (TPSA) is 129 Å². The minimum Gasteiger partial charge on any atom is -0.476 e. The van der Waals surface area contributed by atoms with E-state index < -0.39 is 24.1 Å². The van der Waals surface area contributed by atoms with Crippen molar-refractivity contribution >= 4 is 35.1 Å². The molecule has 1 fully saturated rings. The smallest absolute Gasteiger partial charge is 0.355 e. The third kappa shape index (κ3) is 7.73. The van der Waals surface area contributed by atoms with Crippen LogP contribution in [0, 0.1) is 11.8 Å². The maximum Gasteiger partial charge on any atom is 0.355 e. The summed E-state index contributed by atoms with van der Waals surface area (Å²) in [5, 5.41) is 14.0. The maximum atomic E-state index is 13.7.